The standard InChI is InChI=1S/C16H14N4O3S/c1-17-13(21)11-4-2-3-10(7-11)8-18-14(22)12-9-19-16-20(15(12)23)5-6-24-16/h2-7,9H,8H2,1H3,(H,17,21)(H,18,22). The van der Waals surface area contributed by atoms with Crippen molar-refractivity contribution >= 4 is 28.1 Å². The minimum absolute atomic E-state index is 0.0200. The number of amides is 2. The Labute approximate surface area is 141 Å². The van der Waals surface area contributed by atoms with Crippen molar-refractivity contribution in [2.24, 2.45) is 0 Å². The molecule has 2 aromatic heterocycles. The molecule has 0 saturated carbocycles. The summed E-state index contributed by atoms with van der Waals surface area (Å²) < 4.78 is 1.34. The van der Waals surface area contributed by atoms with E-state index in [1.165, 1.54) is 21.9 Å². The summed E-state index contributed by atoms with van der Waals surface area (Å²) in [5.41, 5.74) is 0.839. The smallest absolute Gasteiger partial charge is 0.271 e. The molecular weight excluding hydrogens is 328 g/mol. The van der Waals surface area contributed by atoms with Crippen LogP contribution in [0.1, 0.15) is 26.3 Å². The lowest BCUT2D eigenvalue weighted by Gasteiger charge is -2.07. The first kappa shape index (κ1) is 15.9. The van der Waals surface area contributed by atoms with Gasteiger partial charge in [0.25, 0.3) is 17.4 Å². The Kier molecular flexibility index (Phi) is 4.39. The summed E-state index contributed by atoms with van der Waals surface area (Å²) in [5.74, 6) is -0.702. The van der Waals surface area contributed by atoms with Gasteiger partial charge in [-0.1, -0.05) is 12.1 Å². The van der Waals surface area contributed by atoms with E-state index in [2.05, 4.69) is 15.6 Å². The maximum absolute atomic E-state index is 12.2. The Hall–Kier alpha value is -3.00. The van der Waals surface area contributed by atoms with Crippen LogP contribution in [0.2, 0.25) is 0 Å². The molecule has 3 aromatic rings. The normalized spacial score (nSPS) is 10.5. The Balaban J connectivity index is 1.76. The van der Waals surface area contributed by atoms with Gasteiger partial charge in [0.05, 0.1) is 0 Å². The van der Waals surface area contributed by atoms with Gasteiger partial charge in [0, 0.05) is 36.9 Å². The van der Waals surface area contributed by atoms with Crippen molar-refractivity contribution in [2.75, 3.05) is 7.05 Å². The average Bonchev–Trinajstić information content (AvgIpc) is 3.09. The van der Waals surface area contributed by atoms with E-state index in [1.54, 1.807) is 42.9 Å². The maximum atomic E-state index is 12.2. The molecule has 0 bridgehead atoms. The van der Waals surface area contributed by atoms with Crippen LogP contribution < -0.4 is 16.2 Å². The lowest BCUT2D eigenvalue weighted by atomic mass is 10.1. The van der Waals surface area contributed by atoms with Crippen molar-refractivity contribution in [1.82, 2.24) is 20.0 Å². The molecule has 0 aliphatic rings. The van der Waals surface area contributed by atoms with Gasteiger partial charge in [0.1, 0.15) is 5.56 Å². The van der Waals surface area contributed by atoms with Crippen molar-refractivity contribution in [2.45, 2.75) is 6.54 Å². The predicted molar refractivity (Wildman–Crippen MR) is 90.3 cm³/mol. The van der Waals surface area contributed by atoms with E-state index in [1.807, 2.05) is 0 Å². The predicted octanol–water partition coefficient (Wildman–Crippen LogP) is 1.05. The fraction of sp³-hybridized carbons (Fsp3) is 0.125. The quantitative estimate of drug-likeness (QED) is 0.741. The van der Waals surface area contributed by atoms with Gasteiger partial charge in [-0.25, -0.2) is 4.98 Å². The molecule has 0 aliphatic heterocycles. The van der Waals surface area contributed by atoms with Gasteiger partial charge in [-0.2, -0.15) is 0 Å². The number of aromatic nitrogens is 2. The Morgan fingerprint density at radius 3 is 2.92 bits per heavy atom. The van der Waals surface area contributed by atoms with Crippen LogP contribution in [0.5, 0.6) is 0 Å². The van der Waals surface area contributed by atoms with Gasteiger partial charge in [0.2, 0.25) is 0 Å². The summed E-state index contributed by atoms with van der Waals surface area (Å²) in [5, 5.41) is 6.95. The second kappa shape index (κ2) is 6.63. The summed E-state index contributed by atoms with van der Waals surface area (Å²) in [7, 11) is 1.55. The zero-order valence-electron chi connectivity index (χ0n) is 12.8. The largest absolute Gasteiger partial charge is 0.355 e. The molecule has 0 radical (unpaired) electrons. The van der Waals surface area contributed by atoms with Gasteiger partial charge in [-0.05, 0) is 17.7 Å². The van der Waals surface area contributed by atoms with Crippen LogP contribution in [-0.4, -0.2) is 28.2 Å². The van der Waals surface area contributed by atoms with Crippen molar-refractivity contribution in [1.29, 1.82) is 0 Å². The molecule has 7 nitrogen and oxygen atoms in total. The molecule has 2 N–H and O–H groups in total. The van der Waals surface area contributed by atoms with Crippen LogP contribution in [0.3, 0.4) is 0 Å². The zero-order valence-corrected chi connectivity index (χ0v) is 13.6. The number of nitrogens with zero attached hydrogens (tertiary/aromatic N) is 2. The molecule has 0 saturated heterocycles. The molecule has 3 rings (SSSR count). The number of carbonyl (C=O) groups excluding carboxylic acids is 2. The van der Waals surface area contributed by atoms with Crippen molar-refractivity contribution < 1.29 is 9.59 Å². The average molecular weight is 342 g/mol. The second-order valence-corrected chi connectivity index (χ2v) is 5.87. The highest BCUT2D eigenvalue weighted by molar-refractivity contribution is 7.15. The van der Waals surface area contributed by atoms with Crippen molar-refractivity contribution in [3.8, 4) is 0 Å². The van der Waals surface area contributed by atoms with Gasteiger partial charge in [-0.15, -0.1) is 11.3 Å². The number of nitrogens with one attached hydrogen (secondary N) is 2. The third-order valence-electron chi connectivity index (χ3n) is 3.46. The molecule has 2 amide bonds. The molecule has 0 aliphatic carbocycles. The Morgan fingerprint density at radius 2 is 2.12 bits per heavy atom. The molecule has 24 heavy (non-hydrogen) atoms. The third-order valence-corrected chi connectivity index (χ3v) is 4.23. The molecule has 122 valence electrons. The first-order valence-corrected chi connectivity index (χ1v) is 8.02. The fourth-order valence-corrected chi connectivity index (χ4v) is 2.90. The molecule has 8 heteroatoms. The number of rotatable bonds is 4. The van der Waals surface area contributed by atoms with Gasteiger partial charge in [-0.3, -0.25) is 18.8 Å². The minimum atomic E-state index is -0.501. The summed E-state index contributed by atoms with van der Waals surface area (Å²) in [4.78, 5) is 40.7. The topological polar surface area (TPSA) is 92.6 Å². The monoisotopic (exact) mass is 342 g/mol. The third kappa shape index (κ3) is 3.04. The van der Waals surface area contributed by atoms with Crippen molar-refractivity contribution in [3.05, 3.63) is 69.1 Å². The highest BCUT2D eigenvalue weighted by Gasteiger charge is 2.13. The maximum Gasteiger partial charge on any atom is 0.271 e. The molecule has 0 spiro atoms. The minimum Gasteiger partial charge on any atom is -0.355 e. The van der Waals surface area contributed by atoms with Crippen LogP contribution in [0.4, 0.5) is 0 Å². The molecule has 0 fully saturated rings. The van der Waals surface area contributed by atoms with Gasteiger partial charge < -0.3 is 10.6 Å². The van der Waals surface area contributed by atoms with Crippen LogP contribution in [0.15, 0.2) is 46.8 Å². The zero-order chi connectivity index (χ0) is 17.1. The number of fused-ring (bicyclic) bond motifs is 1. The first-order chi connectivity index (χ1) is 11.6. The Morgan fingerprint density at radius 1 is 1.29 bits per heavy atom. The summed E-state index contributed by atoms with van der Waals surface area (Å²) in [6.45, 7) is 0.204. The van der Waals surface area contributed by atoms with Crippen molar-refractivity contribution in [3.63, 3.8) is 0 Å². The van der Waals surface area contributed by atoms with E-state index in [4.69, 9.17) is 0 Å². The van der Waals surface area contributed by atoms with Gasteiger partial charge >= 0.3 is 0 Å². The van der Waals surface area contributed by atoms with E-state index in [0.717, 1.165) is 5.56 Å². The van der Waals surface area contributed by atoms with E-state index in [9.17, 15) is 14.4 Å². The van der Waals surface area contributed by atoms with E-state index in [0.29, 0.717) is 10.5 Å². The Bertz CT molecular complexity index is 977. The summed E-state index contributed by atoms with van der Waals surface area (Å²) in [6.07, 6.45) is 2.86. The summed E-state index contributed by atoms with van der Waals surface area (Å²) in [6, 6.07) is 6.90. The van der Waals surface area contributed by atoms with Crippen LogP contribution in [-0.2, 0) is 6.54 Å². The number of hydrogen-bond acceptors (Lipinski definition) is 5. The highest BCUT2D eigenvalue weighted by atomic mass is 32.1. The SMILES string of the molecule is CNC(=O)c1cccc(CNC(=O)c2cnc3sccn3c2=O)c1. The highest BCUT2D eigenvalue weighted by Crippen LogP contribution is 2.07. The van der Waals surface area contributed by atoms with E-state index >= 15 is 0 Å². The first-order valence-electron chi connectivity index (χ1n) is 7.14. The summed E-state index contributed by atoms with van der Waals surface area (Å²) >= 11 is 1.32. The molecule has 0 atom stereocenters. The molecule has 1 aromatic carbocycles. The fourth-order valence-electron chi connectivity index (χ4n) is 2.22. The van der Waals surface area contributed by atoms with E-state index < -0.39 is 11.5 Å². The van der Waals surface area contributed by atoms with Crippen LogP contribution in [0, 0.1) is 0 Å². The van der Waals surface area contributed by atoms with Crippen LogP contribution >= 0.6 is 11.3 Å². The lowest BCUT2D eigenvalue weighted by Crippen LogP contribution is -2.30. The number of thiazole rings is 1. The molecule has 0 unspecified atom stereocenters. The van der Waals surface area contributed by atoms with Gasteiger partial charge in [0.15, 0.2) is 4.96 Å². The lowest BCUT2D eigenvalue weighted by molar-refractivity contribution is 0.0947. The van der Waals surface area contributed by atoms with Crippen LogP contribution in [0.25, 0.3) is 4.96 Å². The number of hydrogen-bond donors (Lipinski definition) is 2. The molecular formula is C16H14N4O3S. The van der Waals surface area contributed by atoms with E-state index in [-0.39, 0.29) is 18.0 Å². The second-order valence-electron chi connectivity index (χ2n) is 4.99. The molecule has 2 heterocycles. The number of benzene rings is 1. The number of carbonyl (C=O) groups is 2.